The van der Waals surface area contributed by atoms with Crippen LogP contribution in [0.15, 0.2) is 112 Å². The van der Waals surface area contributed by atoms with Crippen LogP contribution in [0.5, 0.6) is 0 Å². The molecular formula is C37H36BrClF3N3O4S. The molecule has 0 aromatic heterocycles. The number of hydrogen-bond donors (Lipinski definition) is 1. The van der Waals surface area contributed by atoms with Gasteiger partial charge in [-0.2, -0.15) is 13.2 Å². The number of anilines is 1. The van der Waals surface area contributed by atoms with Crippen LogP contribution >= 0.6 is 27.5 Å². The quantitative estimate of drug-likeness (QED) is 0.156. The zero-order valence-corrected chi connectivity index (χ0v) is 30.1. The van der Waals surface area contributed by atoms with Crippen molar-refractivity contribution in [2.24, 2.45) is 0 Å². The minimum atomic E-state index is -4.90. The van der Waals surface area contributed by atoms with Gasteiger partial charge in [0.1, 0.15) is 12.6 Å². The van der Waals surface area contributed by atoms with E-state index in [4.69, 9.17) is 11.6 Å². The Morgan fingerprint density at radius 3 is 2.14 bits per heavy atom. The molecule has 1 saturated carbocycles. The first-order valence-electron chi connectivity index (χ1n) is 16.2. The fourth-order valence-electron chi connectivity index (χ4n) is 6.06. The lowest BCUT2D eigenvalue weighted by molar-refractivity contribution is -0.140. The minimum Gasteiger partial charge on any atom is -0.352 e. The van der Waals surface area contributed by atoms with E-state index in [9.17, 15) is 31.2 Å². The number of nitrogens with one attached hydrogen (secondary N) is 1. The maximum atomic E-state index is 14.7. The average Bonchev–Trinajstić information content (AvgIpc) is 3.09. The molecule has 1 fully saturated rings. The fourth-order valence-corrected chi connectivity index (χ4v) is 8.16. The van der Waals surface area contributed by atoms with Gasteiger partial charge in [-0.1, -0.05) is 107 Å². The van der Waals surface area contributed by atoms with Gasteiger partial charge in [0.2, 0.25) is 11.8 Å². The number of sulfonamides is 1. The van der Waals surface area contributed by atoms with E-state index in [2.05, 4.69) is 21.2 Å². The van der Waals surface area contributed by atoms with Crippen molar-refractivity contribution in [1.29, 1.82) is 0 Å². The molecule has 1 aliphatic carbocycles. The molecule has 0 heterocycles. The second kappa shape index (κ2) is 16.4. The fraction of sp³-hybridized carbons (Fsp3) is 0.297. The van der Waals surface area contributed by atoms with Gasteiger partial charge in [-0.05, 0) is 66.4 Å². The summed E-state index contributed by atoms with van der Waals surface area (Å²) in [6, 6.07) is 24.9. The van der Waals surface area contributed by atoms with Crippen LogP contribution in [-0.2, 0) is 38.8 Å². The van der Waals surface area contributed by atoms with Crippen molar-refractivity contribution in [2.75, 3.05) is 10.8 Å². The van der Waals surface area contributed by atoms with Crippen LogP contribution in [0.1, 0.15) is 48.8 Å². The second-order valence-electron chi connectivity index (χ2n) is 12.2. The normalized spacial score (nSPS) is 14.5. The Labute approximate surface area is 303 Å². The summed E-state index contributed by atoms with van der Waals surface area (Å²) in [7, 11) is -4.60. The van der Waals surface area contributed by atoms with Crippen molar-refractivity contribution in [1.82, 2.24) is 10.2 Å². The summed E-state index contributed by atoms with van der Waals surface area (Å²) in [4.78, 5) is 29.9. The van der Waals surface area contributed by atoms with E-state index in [-0.39, 0.29) is 23.9 Å². The first kappa shape index (κ1) is 37.4. The largest absolute Gasteiger partial charge is 0.417 e. The van der Waals surface area contributed by atoms with Gasteiger partial charge in [0.25, 0.3) is 10.0 Å². The topological polar surface area (TPSA) is 86.8 Å². The molecule has 0 unspecified atom stereocenters. The number of hydrogen-bond acceptors (Lipinski definition) is 4. The highest BCUT2D eigenvalue weighted by atomic mass is 79.9. The van der Waals surface area contributed by atoms with E-state index in [0.29, 0.717) is 15.9 Å². The Kier molecular flexibility index (Phi) is 12.3. The molecule has 0 bridgehead atoms. The van der Waals surface area contributed by atoms with Gasteiger partial charge in [0.05, 0.1) is 21.2 Å². The highest BCUT2D eigenvalue weighted by molar-refractivity contribution is 9.10. The van der Waals surface area contributed by atoms with E-state index >= 15 is 0 Å². The molecule has 5 rings (SSSR count). The first-order valence-corrected chi connectivity index (χ1v) is 18.8. The van der Waals surface area contributed by atoms with Crippen LogP contribution in [0.4, 0.5) is 18.9 Å². The smallest absolute Gasteiger partial charge is 0.352 e. The molecule has 0 radical (unpaired) electrons. The summed E-state index contributed by atoms with van der Waals surface area (Å²) in [5, 5.41) is 2.51. The summed E-state index contributed by atoms with van der Waals surface area (Å²) in [5.74, 6) is -1.18. The molecule has 4 aromatic carbocycles. The van der Waals surface area contributed by atoms with E-state index in [1.165, 1.54) is 29.2 Å². The van der Waals surface area contributed by atoms with Gasteiger partial charge in [-0.15, -0.1) is 0 Å². The van der Waals surface area contributed by atoms with Crippen molar-refractivity contribution in [3.8, 4) is 0 Å². The maximum absolute atomic E-state index is 14.7. The summed E-state index contributed by atoms with van der Waals surface area (Å²) in [6.45, 7) is -0.979. The van der Waals surface area contributed by atoms with Crippen molar-refractivity contribution in [3.05, 3.63) is 129 Å². The molecular weight excluding hydrogens is 755 g/mol. The molecule has 7 nitrogen and oxygen atoms in total. The number of nitrogens with zero attached hydrogens (tertiary/aromatic N) is 2. The third kappa shape index (κ3) is 9.46. The van der Waals surface area contributed by atoms with Crippen LogP contribution in [-0.4, -0.2) is 43.8 Å². The predicted octanol–water partition coefficient (Wildman–Crippen LogP) is 8.41. The lowest BCUT2D eigenvalue weighted by atomic mass is 9.94. The summed E-state index contributed by atoms with van der Waals surface area (Å²) in [6.07, 6.45) is -0.201. The van der Waals surface area contributed by atoms with Crippen LogP contribution in [0.25, 0.3) is 0 Å². The summed E-state index contributed by atoms with van der Waals surface area (Å²) < 4.78 is 71.7. The molecule has 264 valence electrons. The number of amides is 2. The van der Waals surface area contributed by atoms with Crippen molar-refractivity contribution in [2.45, 2.75) is 68.2 Å². The summed E-state index contributed by atoms with van der Waals surface area (Å²) in [5.41, 5.74) is -0.242. The van der Waals surface area contributed by atoms with E-state index < -0.39 is 56.9 Å². The van der Waals surface area contributed by atoms with Gasteiger partial charge >= 0.3 is 6.18 Å². The standard InChI is InChI=1S/C37H36BrClF3N3O4S/c38-28-14-10-13-27(21-28)24-44(34(22-26-11-4-1-5-12-26)36(47)43-29-15-6-2-7-16-29)35(46)25-45(50(48,49)31-17-8-3-9-18-31)30-19-20-33(39)32(23-30)37(40,41)42/h1,3-5,8-14,17-21,23,29,34H,2,6-7,15-16,22,24-25H2,(H,43,47)/t34-/m1/s1. The van der Waals surface area contributed by atoms with Gasteiger partial charge in [-0.25, -0.2) is 8.42 Å². The van der Waals surface area contributed by atoms with E-state index in [0.717, 1.165) is 54.3 Å². The van der Waals surface area contributed by atoms with Crippen LogP contribution in [0.3, 0.4) is 0 Å². The van der Waals surface area contributed by atoms with Gasteiger partial charge < -0.3 is 10.2 Å². The Morgan fingerprint density at radius 2 is 1.50 bits per heavy atom. The molecule has 0 saturated heterocycles. The average molecular weight is 791 g/mol. The molecule has 2 amide bonds. The van der Waals surface area contributed by atoms with Gasteiger partial charge in [0, 0.05) is 23.5 Å². The molecule has 0 spiro atoms. The number of carbonyl (C=O) groups excluding carboxylic acids is 2. The molecule has 1 atom stereocenters. The van der Waals surface area contributed by atoms with Crippen LogP contribution < -0.4 is 9.62 Å². The Hall–Kier alpha value is -3.87. The van der Waals surface area contributed by atoms with E-state index in [1.54, 1.807) is 30.3 Å². The zero-order valence-electron chi connectivity index (χ0n) is 27.0. The molecule has 50 heavy (non-hydrogen) atoms. The number of alkyl halides is 3. The van der Waals surface area contributed by atoms with Crippen LogP contribution in [0, 0.1) is 0 Å². The number of carbonyl (C=O) groups is 2. The Morgan fingerprint density at radius 1 is 0.860 bits per heavy atom. The predicted molar refractivity (Wildman–Crippen MR) is 191 cm³/mol. The molecule has 4 aromatic rings. The van der Waals surface area contributed by atoms with Crippen molar-refractivity contribution < 1.29 is 31.2 Å². The highest BCUT2D eigenvalue weighted by Gasteiger charge is 2.38. The monoisotopic (exact) mass is 789 g/mol. The number of benzene rings is 4. The lowest BCUT2D eigenvalue weighted by Gasteiger charge is -2.35. The van der Waals surface area contributed by atoms with Crippen molar-refractivity contribution >= 4 is 55.1 Å². The van der Waals surface area contributed by atoms with Crippen LogP contribution in [0.2, 0.25) is 5.02 Å². The third-order valence-electron chi connectivity index (χ3n) is 8.62. The molecule has 1 aliphatic rings. The maximum Gasteiger partial charge on any atom is 0.417 e. The molecule has 1 N–H and O–H groups in total. The van der Waals surface area contributed by atoms with E-state index in [1.807, 2.05) is 30.3 Å². The molecule has 0 aliphatic heterocycles. The summed E-state index contributed by atoms with van der Waals surface area (Å²) >= 11 is 9.35. The second-order valence-corrected chi connectivity index (χ2v) is 15.4. The first-order chi connectivity index (χ1) is 23.8. The van der Waals surface area contributed by atoms with Gasteiger partial charge in [-0.3, -0.25) is 13.9 Å². The Balaban J connectivity index is 1.60. The zero-order chi connectivity index (χ0) is 35.9. The number of halogens is 5. The Bertz CT molecular complexity index is 1890. The third-order valence-corrected chi connectivity index (χ3v) is 11.2. The minimum absolute atomic E-state index is 0.0813. The highest BCUT2D eigenvalue weighted by Crippen LogP contribution is 2.38. The SMILES string of the molecule is O=C(NC1CCCCC1)[C@@H](Cc1ccccc1)N(Cc1cccc(Br)c1)C(=O)CN(c1ccc(Cl)c(C(F)(F)F)c1)S(=O)(=O)c1ccccc1. The van der Waals surface area contributed by atoms with Gasteiger partial charge in [0.15, 0.2) is 0 Å². The van der Waals surface area contributed by atoms with Crippen molar-refractivity contribution in [3.63, 3.8) is 0 Å². The lowest BCUT2D eigenvalue weighted by Crippen LogP contribution is -2.55. The molecule has 13 heteroatoms. The number of rotatable bonds is 12.